The van der Waals surface area contributed by atoms with Crippen LogP contribution in [-0.4, -0.2) is 47.9 Å². The highest BCUT2D eigenvalue weighted by Crippen LogP contribution is 2.46. The van der Waals surface area contributed by atoms with Crippen molar-refractivity contribution in [2.24, 2.45) is 11.3 Å². The molecule has 5 nitrogen and oxygen atoms in total. The number of carbonyl (C=O) groups excluding carboxylic acids is 2. The highest BCUT2D eigenvalue weighted by molar-refractivity contribution is 6.30. The summed E-state index contributed by atoms with van der Waals surface area (Å²) in [5.74, 6) is -0.536. The van der Waals surface area contributed by atoms with Crippen molar-refractivity contribution >= 4 is 35.4 Å². The minimum absolute atomic E-state index is 0.221. The van der Waals surface area contributed by atoms with Gasteiger partial charge in [-0.3, -0.25) is 4.79 Å². The monoisotopic (exact) mass is 490 g/mol. The molecule has 0 saturated carbocycles. The number of aliphatic hydroxyl groups is 1. The Bertz CT molecular complexity index is 963. The van der Waals surface area contributed by atoms with Gasteiger partial charge in [-0.05, 0) is 54.8 Å². The molecule has 0 bridgehead atoms. The Balaban J connectivity index is 1.64. The molecule has 0 spiro atoms. The molecule has 0 aromatic heterocycles. The fraction of sp³-hybridized carbons (Fsp3) is 0.462. The van der Waals surface area contributed by atoms with Gasteiger partial charge in [-0.25, -0.2) is 0 Å². The summed E-state index contributed by atoms with van der Waals surface area (Å²) in [5.41, 5.74) is 0.0397. The molecule has 2 aromatic rings. The number of aldehydes is 1. The molecule has 33 heavy (non-hydrogen) atoms. The van der Waals surface area contributed by atoms with Gasteiger partial charge in [0, 0.05) is 52.6 Å². The van der Waals surface area contributed by atoms with E-state index in [1.54, 1.807) is 24.3 Å². The second kappa shape index (κ2) is 10.6. The summed E-state index contributed by atoms with van der Waals surface area (Å²) in [7, 11) is 0. The number of nitrogens with zero attached hydrogens (tertiary/aromatic N) is 1. The Morgan fingerprint density at radius 3 is 2.24 bits per heavy atom. The summed E-state index contributed by atoms with van der Waals surface area (Å²) >= 11 is 11.9. The number of carbonyl (C=O) groups is 2. The second-order valence-corrected chi connectivity index (χ2v) is 10.5. The highest BCUT2D eigenvalue weighted by Gasteiger charge is 2.48. The average Bonchev–Trinajstić information content (AvgIpc) is 2.79. The maximum absolute atomic E-state index is 12.7. The minimum Gasteiger partial charge on any atom is -0.385 e. The minimum atomic E-state index is -0.952. The van der Waals surface area contributed by atoms with Gasteiger partial charge in [-0.15, -0.1) is 0 Å². The molecule has 3 unspecified atom stereocenters. The fourth-order valence-corrected chi connectivity index (χ4v) is 4.87. The molecule has 3 atom stereocenters. The van der Waals surface area contributed by atoms with E-state index in [4.69, 9.17) is 23.2 Å². The molecule has 7 heteroatoms. The zero-order chi connectivity index (χ0) is 24.2. The van der Waals surface area contributed by atoms with Gasteiger partial charge in [0.1, 0.15) is 6.29 Å². The van der Waals surface area contributed by atoms with Crippen LogP contribution in [0.15, 0.2) is 48.5 Å². The highest BCUT2D eigenvalue weighted by atomic mass is 35.5. The van der Waals surface area contributed by atoms with Crippen LogP contribution in [0.25, 0.3) is 0 Å². The summed E-state index contributed by atoms with van der Waals surface area (Å²) in [5, 5.41) is 15.8. The zero-order valence-electron chi connectivity index (χ0n) is 19.4. The molecule has 1 aliphatic rings. The lowest BCUT2D eigenvalue weighted by Gasteiger charge is -2.51. The van der Waals surface area contributed by atoms with Crippen LogP contribution in [0.5, 0.6) is 0 Å². The summed E-state index contributed by atoms with van der Waals surface area (Å²) in [6.07, 6.45) is 2.10. The van der Waals surface area contributed by atoms with E-state index in [-0.39, 0.29) is 17.9 Å². The number of benzene rings is 2. The van der Waals surface area contributed by atoms with E-state index < -0.39 is 11.0 Å². The number of hydrogen-bond donors (Lipinski definition) is 2. The summed E-state index contributed by atoms with van der Waals surface area (Å²) < 4.78 is 0. The van der Waals surface area contributed by atoms with Crippen molar-refractivity contribution in [1.82, 2.24) is 10.2 Å². The summed E-state index contributed by atoms with van der Waals surface area (Å²) in [6, 6.07) is 13.8. The standard InChI is InChI=1S/C26H32Cl2N2O3/c1-18(16-31)23(29-24(32)19-4-8-21(27)9-5-19)12-14-30-15-13-26(33,25(2,3)17-30)20-6-10-22(28)11-7-20/h4-11,16,18,23,33H,12-15,17H2,1-3H3,(H,29,32). The number of piperidine rings is 1. The van der Waals surface area contributed by atoms with E-state index in [1.165, 1.54) is 0 Å². The third-order valence-corrected chi connectivity index (χ3v) is 7.38. The van der Waals surface area contributed by atoms with E-state index in [2.05, 4.69) is 24.1 Å². The fourth-order valence-electron chi connectivity index (χ4n) is 4.61. The van der Waals surface area contributed by atoms with Gasteiger partial charge in [0.05, 0.1) is 5.60 Å². The molecule has 2 aromatic carbocycles. The van der Waals surface area contributed by atoms with Crippen LogP contribution in [0.2, 0.25) is 10.0 Å². The van der Waals surface area contributed by atoms with Gasteiger partial charge < -0.3 is 20.1 Å². The molecule has 0 radical (unpaired) electrons. The third kappa shape index (κ3) is 5.96. The van der Waals surface area contributed by atoms with Crippen LogP contribution in [-0.2, 0) is 10.4 Å². The Hall–Kier alpha value is -1.92. The Morgan fingerprint density at radius 1 is 1.12 bits per heavy atom. The molecule has 0 aliphatic carbocycles. The van der Waals surface area contributed by atoms with Crippen molar-refractivity contribution in [3.05, 3.63) is 69.7 Å². The lowest BCUT2D eigenvalue weighted by atomic mass is 9.66. The van der Waals surface area contributed by atoms with Crippen LogP contribution in [0.3, 0.4) is 0 Å². The van der Waals surface area contributed by atoms with Crippen molar-refractivity contribution in [2.45, 2.75) is 45.3 Å². The van der Waals surface area contributed by atoms with E-state index in [0.29, 0.717) is 41.5 Å². The third-order valence-electron chi connectivity index (χ3n) is 6.88. The Labute approximate surface area is 206 Å². The molecular formula is C26H32Cl2N2O3. The van der Waals surface area contributed by atoms with Gasteiger partial charge in [-0.2, -0.15) is 0 Å². The lowest BCUT2D eigenvalue weighted by Crippen LogP contribution is -2.56. The van der Waals surface area contributed by atoms with Gasteiger partial charge in [0.25, 0.3) is 5.91 Å². The largest absolute Gasteiger partial charge is 0.385 e. The molecule has 3 rings (SSSR count). The maximum atomic E-state index is 12.7. The number of hydrogen-bond acceptors (Lipinski definition) is 4. The maximum Gasteiger partial charge on any atom is 0.251 e. The van der Waals surface area contributed by atoms with Crippen molar-refractivity contribution in [1.29, 1.82) is 0 Å². The first-order valence-electron chi connectivity index (χ1n) is 11.3. The van der Waals surface area contributed by atoms with Crippen LogP contribution in [0.1, 0.15) is 49.5 Å². The number of nitrogens with one attached hydrogen (secondary N) is 1. The van der Waals surface area contributed by atoms with E-state index in [0.717, 1.165) is 18.4 Å². The zero-order valence-corrected chi connectivity index (χ0v) is 20.9. The average molecular weight is 491 g/mol. The lowest BCUT2D eigenvalue weighted by molar-refractivity contribution is -0.125. The van der Waals surface area contributed by atoms with Crippen molar-refractivity contribution < 1.29 is 14.7 Å². The van der Waals surface area contributed by atoms with Gasteiger partial charge in [0.15, 0.2) is 0 Å². The molecule has 1 amide bonds. The molecule has 2 N–H and O–H groups in total. The Morgan fingerprint density at radius 2 is 1.70 bits per heavy atom. The summed E-state index contributed by atoms with van der Waals surface area (Å²) in [6.45, 7) is 8.08. The first kappa shape index (κ1) is 25.7. The first-order valence-corrected chi connectivity index (χ1v) is 12.0. The van der Waals surface area contributed by atoms with Gasteiger partial charge >= 0.3 is 0 Å². The summed E-state index contributed by atoms with van der Waals surface area (Å²) in [4.78, 5) is 26.5. The number of rotatable bonds is 8. The molecule has 1 saturated heterocycles. The smallest absolute Gasteiger partial charge is 0.251 e. The van der Waals surface area contributed by atoms with Crippen molar-refractivity contribution in [3.63, 3.8) is 0 Å². The van der Waals surface area contributed by atoms with E-state index in [9.17, 15) is 14.7 Å². The van der Waals surface area contributed by atoms with Crippen molar-refractivity contribution in [3.8, 4) is 0 Å². The van der Waals surface area contributed by atoms with Crippen molar-refractivity contribution in [2.75, 3.05) is 19.6 Å². The molecule has 1 aliphatic heterocycles. The van der Waals surface area contributed by atoms with E-state index in [1.807, 2.05) is 31.2 Å². The second-order valence-electron chi connectivity index (χ2n) is 9.65. The predicted molar refractivity (Wildman–Crippen MR) is 133 cm³/mol. The number of likely N-dealkylation sites (tertiary alicyclic amines) is 1. The van der Waals surface area contributed by atoms with Gasteiger partial charge in [-0.1, -0.05) is 56.1 Å². The first-order chi connectivity index (χ1) is 15.6. The molecule has 178 valence electrons. The predicted octanol–water partition coefficient (Wildman–Crippen LogP) is 4.94. The van der Waals surface area contributed by atoms with Crippen LogP contribution < -0.4 is 5.32 Å². The SMILES string of the molecule is CC(C=O)C(CCN1CCC(O)(c2ccc(Cl)cc2)C(C)(C)C1)NC(=O)c1ccc(Cl)cc1. The van der Waals surface area contributed by atoms with Gasteiger partial charge in [0.2, 0.25) is 0 Å². The number of halogens is 2. The Kier molecular flexibility index (Phi) is 8.22. The quantitative estimate of drug-likeness (QED) is 0.514. The topological polar surface area (TPSA) is 69.6 Å². The van der Waals surface area contributed by atoms with Crippen LogP contribution in [0.4, 0.5) is 0 Å². The number of amides is 1. The molecular weight excluding hydrogens is 459 g/mol. The van der Waals surface area contributed by atoms with E-state index >= 15 is 0 Å². The van der Waals surface area contributed by atoms with Crippen LogP contribution in [0, 0.1) is 11.3 Å². The normalized spacial score (nSPS) is 22.4. The molecule has 1 heterocycles. The van der Waals surface area contributed by atoms with Crippen LogP contribution >= 0.6 is 23.2 Å². The molecule has 1 fully saturated rings.